The molecule has 0 bridgehead atoms. The number of para-hydroxylation sites is 1. The number of hydrogen-bond donors (Lipinski definition) is 1. The van der Waals surface area contributed by atoms with Crippen molar-refractivity contribution in [1.29, 1.82) is 5.26 Å². The summed E-state index contributed by atoms with van der Waals surface area (Å²) in [5, 5.41) is 13.0. The average molecular weight is 340 g/mol. The fourth-order valence-corrected chi connectivity index (χ4v) is 3.52. The minimum Gasteiger partial charge on any atom is -0.337 e. The largest absolute Gasteiger partial charge is 0.337 e. The van der Waals surface area contributed by atoms with Crippen LogP contribution >= 0.6 is 11.8 Å². The predicted molar refractivity (Wildman–Crippen MR) is 93.9 cm³/mol. The van der Waals surface area contributed by atoms with Crippen LogP contribution in [-0.4, -0.2) is 26.8 Å². The Labute approximate surface area is 146 Å². The average Bonchev–Trinajstić information content (AvgIpc) is 3.33. The van der Waals surface area contributed by atoms with E-state index in [4.69, 9.17) is 0 Å². The van der Waals surface area contributed by atoms with Gasteiger partial charge in [-0.2, -0.15) is 5.26 Å². The van der Waals surface area contributed by atoms with Crippen molar-refractivity contribution in [3.8, 4) is 11.8 Å². The first-order chi connectivity index (χ1) is 11.5. The lowest BCUT2D eigenvalue weighted by Gasteiger charge is -2.22. The second kappa shape index (κ2) is 6.70. The SMILES string of the molecule is Cc1ccccc1-n1ccnc1SCC(=O)NC(C)(C#N)C1CC1. The summed E-state index contributed by atoms with van der Waals surface area (Å²) < 4.78 is 1.98. The summed E-state index contributed by atoms with van der Waals surface area (Å²) in [6.45, 7) is 3.85. The first kappa shape index (κ1) is 16.6. The van der Waals surface area contributed by atoms with E-state index in [9.17, 15) is 10.1 Å². The third-order valence-electron chi connectivity index (χ3n) is 4.34. The van der Waals surface area contributed by atoms with E-state index in [0.29, 0.717) is 0 Å². The van der Waals surface area contributed by atoms with E-state index in [2.05, 4.69) is 16.4 Å². The summed E-state index contributed by atoms with van der Waals surface area (Å²) in [7, 11) is 0. The van der Waals surface area contributed by atoms with Crippen LogP contribution in [0.15, 0.2) is 41.8 Å². The molecule has 1 N–H and O–H groups in total. The molecule has 1 unspecified atom stereocenters. The number of aromatic nitrogens is 2. The van der Waals surface area contributed by atoms with Crippen molar-refractivity contribution in [2.75, 3.05) is 5.75 Å². The Morgan fingerprint density at radius 2 is 2.25 bits per heavy atom. The Kier molecular flexibility index (Phi) is 4.63. The van der Waals surface area contributed by atoms with Gasteiger partial charge in [0.05, 0.1) is 17.5 Å². The van der Waals surface area contributed by atoms with Gasteiger partial charge >= 0.3 is 0 Å². The number of nitriles is 1. The Morgan fingerprint density at radius 1 is 1.50 bits per heavy atom. The number of nitrogens with zero attached hydrogens (tertiary/aromatic N) is 3. The Balaban J connectivity index is 1.66. The van der Waals surface area contributed by atoms with Gasteiger partial charge in [0.2, 0.25) is 5.91 Å². The highest BCUT2D eigenvalue weighted by molar-refractivity contribution is 7.99. The maximum atomic E-state index is 12.2. The van der Waals surface area contributed by atoms with E-state index in [1.54, 1.807) is 6.20 Å². The molecule has 1 amide bonds. The topological polar surface area (TPSA) is 70.7 Å². The second-order valence-electron chi connectivity index (χ2n) is 6.29. The van der Waals surface area contributed by atoms with Crippen molar-refractivity contribution in [2.24, 2.45) is 5.92 Å². The van der Waals surface area contributed by atoms with Gasteiger partial charge in [-0.05, 0) is 44.2 Å². The molecular formula is C18H20N4OS. The second-order valence-corrected chi connectivity index (χ2v) is 7.23. The van der Waals surface area contributed by atoms with E-state index >= 15 is 0 Å². The van der Waals surface area contributed by atoms with Gasteiger partial charge in [-0.25, -0.2) is 4.98 Å². The molecule has 1 aromatic heterocycles. The van der Waals surface area contributed by atoms with Gasteiger partial charge in [0.1, 0.15) is 5.54 Å². The van der Waals surface area contributed by atoms with Gasteiger partial charge in [-0.15, -0.1) is 0 Å². The quantitative estimate of drug-likeness (QED) is 0.820. The summed E-state index contributed by atoms with van der Waals surface area (Å²) >= 11 is 1.38. The number of benzene rings is 1. The molecule has 6 heteroatoms. The number of rotatable bonds is 6. The minimum atomic E-state index is -0.747. The van der Waals surface area contributed by atoms with Crippen LogP contribution in [0.1, 0.15) is 25.3 Å². The maximum absolute atomic E-state index is 12.2. The number of thioether (sulfide) groups is 1. The van der Waals surface area contributed by atoms with Crippen LogP contribution in [0.5, 0.6) is 0 Å². The minimum absolute atomic E-state index is 0.129. The van der Waals surface area contributed by atoms with Crippen LogP contribution in [0.2, 0.25) is 0 Å². The summed E-state index contributed by atoms with van der Waals surface area (Å²) in [5.74, 6) is 0.396. The number of hydrogen-bond acceptors (Lipinski definition) is 4. The Bertz CT molecular complexity index is 790. The monoisotopic (exact) mass is 340 g/mol. The van der Waals surface area contributed by atoms with Crippen molar-refractivity contribution in [3.63, 3.8) is 0 Å². The standard InChI is InChI=1S/C18H20N4OS/c1-13-5-3-4-6-15(13)22-10-9-20-17(22)24-11-16(23)21-18(2,12-19)14-7-8-14/h3-6,9-10,14H,7-8,11H2,1-2H3,(H,21,23). The summed E-state index contributed by atoms with van der Waals surface area (Å²) in [6.07, 6.45) is 5.65. The highest BCUT2D eigenvalue weighted by Crippen LogP contribution is 2.39. The molecule has 3 rings (SSSR count). The third-order valence-corrected chi connectivity index (χ3v) is 5.31. The van der Waals surface area contributed by atoms with Crippen LogP contribution < -0.4 is 5.32 Å². The van der Waals surface area contributed by atoms with Crippen molar-refractivity contribution >= 4 is 17.7 Å². The van der Waals surface area contributed by atoms with Crippen molar-refractivity contribution in [1.82, 2.24) is 14.9 Å². The number of aryl methyl sites for hydroxylation is 1. The van der Waals surface area contributed by atoms with Crippen LogP contribution in [0.3, 0.4) is 0 Å². The molecule has 0 aliphatic heterocycles. The Morgan fingerprint density at radius 3 is 2.92 bits per heavy atom. The van der Waals surface area contributed by atoms with E-state index in [0.717, 1.165) is 29.2 Å². The predicted octanol–water partition coefficient (Wildman–Crippen LogP) is 3.08. The molecule has 1 saturated carbocycles. The zero-order valence-corrected chi connectivity index (χ0v) is 14.6. The molecule has 0 radical (unpaired) electrons. The lowest BCUT2D eigenvalue weighted by molar-refractivity contribution is -0.119. The van der Waals surface area contributed by atoms with Gasteiger partial charge in [-0.1, -0.05) is 30.0 Å². The van der Waals surface area contributed by atoms with Gasteiger partial charge in [-0.3, -0.25) is 9.36 Å². The molecule has 1 heterocycles. The molecule has 1 aliphatic rings. The summed E-state index contributed by atoms with van der Waals surface area (Å²) in [4.78, 5) is 16.6. The Hall–Kier alpha value is -2.26. The van der Waals surface area contributed by atoms with E-state index < -0.39 is 5.54 Å². The van der Waals surface area contributed by atoms with Crippen molar-refractivity contribution in [2.45, 2.75) is 37.4 Å². The fraction of sp³-hybridized carbons (Fsp3) is 0.389. The van der Waals surface area contributed by atoms with Crippen LogP contribution in [0.25, 0.3) is 5.69 Å². The number of nitrogens with one attached hydrogen (secondary N) is 1. The van der Waals surface area contributed by atoms with Gasteiger partial charge < -0.3 is 5.32 Å². The van der Waals surface area contributed by atoms with Gasteiger partial charge in [0.25, 0.3) is 0 Å². The molecule has 1 aromatic carbocycles. The molecule has 2 aromatic rings. The third kappa shape index (κ3) is 3.46. The molecule has 1 aliphatic carbocycles. The lowest BCUT2D eigenvalue weighted by Crippen LogP contribution is -2.47. The van der Waals surface area contributed by atoms with E-state index in [1.807, 2.05) is 48.9 Å². The molecule has 1 fully saturated rings. The highest BCUT2D eigenvalue weighted by atomic mass is 32.2. The van der Waals surface area contributed by atoms with Crippen LogP contribution in [0, 0.1) is 24.2 Å². The van der Waals surface area contributed by atoms with Crippen molar-refractivity contribution in [3.05, 3.63) is 42.2 Å². The number of carbonyl (C=O) groups excluding carboxylic acids is 1. The van der Waals surface area contributed by atoms with Gasteiger partial charge in [0, 0.05) is 12.4 Å². The maximum Gasteiger partial charge on any atom is 0.231 e. The fourth-order valence-electron chi connectivity index (χ4n) is 2.75. The molecule has 5 nitrogen and oxygen atoms in total. The van der Waals surface area contributed by atoms with Crippen molar-refractivity contribution < 1.29 is 4.79 Å². The number of carbonyl (C=O) groups is 1. The molecule has 1 atom stereocenters. The zero-order valence-electron chi connectivity index (χ0n) is 13.8. The van der Waals surface area contributed by atoms with E-state index in [-0.39, 0.29) is 17.6 Å². The van der Waals surface area contributed by atoms with Gasteiger partial charge in [0.15, 0.2) is 5.16 Å². The first-order valence-corrected chi connectivity index (χ1v) is 8.96. The number of amides is 1. The summed E-state index contributed by atoms with van der Waals surface area (Å²) in [6, 6.07) is 10.3. The first-order valence-electron chi connectivity index (χ1n) is 7.98. The summed E-state index contributed by atoms with van der Waals surface area (Å²) in [5.41, 5.74) is 1.45. The number of imidazole rings is 1. The van der Waals surface area contributed by atoms with Crippen LogP contribution in [-0.2, 0) is 4.79 Å². The molecule has 24 heavy (non-hydrogen) atoms. The molecule has 124 valence electrons. The molecular weight excluding hydrogens is 320 g/mol. The molecule has 0 spiro atoms. The zero-order chi connectivity index (χ0) is 17.2. The smallest absolute Gasteiger partial charge is 0.231 e. The lowest BCUT2D eigenvalue weighted by atomic mass is 9.98. The van der Waals surface area contributed by atoms with E-state index in [1.165, 1.54) is 11.8 Å². The molecule has 0 saturated heterocycles. The highest BCUT2D eigenvalue weighted by Gasteiger charge is 2.42. The van der Waals surface area contributed by atoms with Crippen LogP contribution in [0.4, 0.5) is 0 Å². The normalized spacial score (nSPS) is 16.2.